The van der Waals surface area contributed by atoms with Gasteiger partial charge in [0.25, 0.3) is 0 Å². The van der Waals surface area contributed by atoms with Crippen LogP contribution in [-0.4, -0.2) is 24.5 Å². The van der Waals surface area contributed by atoms with Crippen molar-refractivity contribution >= 4 is 11.6 Å². The number of methoxy groups -OCH3 is 1. The van der Waals surface area contributed by atoms with E-state index in [0.29, 0.717) is 23.6 Å². The molecule has 0 radical (unpaired) electrons. The fourth-order valence-corrected chi connectivity index (χ4v) is 3.47. The van der Waals surface area contributed by atoms with Gasteiger partial charge in [0.05, 0.1) is 13.2 Å². The zero-order valence-electron chi connectivity index (χ0n) is 12.9. The third-order valence-corrected chi connectivity index (χ3v) is 4.53. The van der Waals surface area contributed by atoms with E-state index in [2.05, 4.69) is 0 Å². The number of carbonyl (C=O) groups excluding carboxylic acids is 1. The van der Waals surface area contributed by atoms with Crippen molar-refractivity contribution in [3.05, 3.63) is 47.5 Å². The molecular weight excluding hydrogens is 292 g/mol. The average Bonchev–Trinajstić information content (AvgIpc) is 2.99. The van der Waals surface area contributed by atoms with E-state index in [9.17, 15) is 4.79 Å². The number of carbonyl (C=O) groups is 1. The highest BCUT2D eigenvalue weighted by atomic mass is 16.5. The summed E-state index contributed by atoms with van der Waals surface area (Å²) in [5.74, 6) is 2.13. The Morgan fingerprint density at radius 1 is 1.26 bits per heavy atom. The largest absolute Gasteiger partial charge is 0.493 e. The van der Waals surface area contributed by atoms with Crippen molar-refractivity contribution in [3.63, 3.8) is 0 Å². The van der Waals surface area contributed by atoms with Crippen LogP contribution in [0, 0.1) is 0 Å². The highest BCUT2D eigenvalue weighted by Crippen LogP contribution is 2.52. The standard InChI is InChI=1S/C18H18N2O3/c1-22-14-9-8-12(19)16-17(20-10-4-7-15(20)21)11-5-2-3-6-13(11)23-18(14)16/h2-3,5-6,8-9,17H,4,7,10,19H2,1H3. The van der Waals surface area contributed by atoms with Crippen LogP contribution in [0.15, 0.2) is 36.4 Å². The lowest BCUT2D eigenvalue weighted by Crippen LogP contribution is -2.33. The van der Waals surface area contributed by atoms with E-state index in [0.717, 1.165) is 29.8 Å². The van der Waals surface area contributed by atoms with Crippen molar-refractivity contribution < 1.29 is 14.3 Å². The Hall–Kier alpha value is -2.69. The van der Waals surface area contributed by atoms with E-state index in [1.54, 1.807) is 13.2 Å². The Bertz CT molecular complexity index is 788. The zero-order chi connectivity index (χ0) is 16.0. The molecule has 2 aromatic carbocycles. The normalized spacial score (nSPS) is 19.1. The second-order valence-corrected chi connectivity index (χ2v) is 5.83. The number of benzene rings is 2. The van der Waals surface area contributed by atoms with Gasteiger partial charge in [-0.25, -0.2) is 0 Å². The summed E-state index contributed by atoms with van der Waals surface area (Å²) in [4.78, 5) is 14.3. The smallest absolute Gasteiger partial charge is 0.223 e. The van der Waals surface area contributed by atoms with Crippen LogP contribution in [0.2, 0.25) is 0 Å². The van der Waals surface area contributed by atoms with Crippen molar-refractivity contribution in [2.45, 2.75) is 18.9 Å². The van der Waals surface area contributed by atoms with Crippen molar-refractivity contribution in [1.29, 1.82) is 0 Å². The topological polar surface area (TPSA) is 64.8 Å². The molecular formula is C18H18N2O3. The number of nitrogens with zero attached hydrogens (tertiary/aromatic N) is 1. The first-order chi connectivity index (χ1) is 11.2. The molecule has 2 aliphatic heterocycles. The van der Waals surface area contributed by atoms with Crippen molar-refractivity contribution in [2.75, 3.05) is 19.4 Å². The molecule has 118 valence electrons. The lowest BCUT2D eigenvalue weighted by Gasteiger charge is -2.35. The first-order valence-corrected chi connectivity index (χ1v) is 7.73. The molecule has 2 aliphatic rings. The van der Waals surface area contributed by atoms with Crippen molar-refractivity contribution in [2.24, 2.45) is 0 Å². The molecule has 0 aliphatic carbocycles. The molecule has 0 saturated carbocycles. The van der Waals surface area contributed by atoms with E-state index in [4.69, 9.17) is 15.2 Å². The van der Waals surface area contributed by atoms with Gasteiger partial charge in [0, 0.05) is 29.8 Å². The molecule has 1 atom stereocenters. The molecule has 1 amide bonds. The summed E-state index contributed by atoms with van der Waals surface area (Å²) in [6, 6.07) is 11.2. The van der Waals surface area contributed by atoms with Gasteiger partial charge in [-0.15, -0.1) is 0 Å². The van der Waals surface area contributed by atoms with Gasteiger partial charge in [-0.05, 0) is 24.6 Å². The Kier molecular flexibility index (Phi) is 3.15. The third kappa shape index (κ3) is 2.04. The quantitative estimate of drug-likeness (QED) is 0.866. The summed E-state index contributed by atoms with van der Waals surface area (Å²) in [7, 11) is 1.60. The van der Waals surface area contributed by atoms with Crippen LogP contribution in [0.5, 0.6) is 17.2 Å². The summed E-state index contributed by atoms with van der Waals surface area (Å²) in [6.45, 7) is 0.730. The van der Waals surface area contributed by atoms with E-state index in [1.807, 2.05) is 35.2 Å². The number of hydrogen-bond donors (Lipinski definition) is 1. The van der Waals surface area contributed by atoms with Crippen LogP contribution >= 0.6 is 0 Å². The van der Waals surface area contributed by atoms with Gasteiger partial charge in [-0.3, -0.25) is 4.79 Å². The highest BCUT2D eigenvalue weighted by molar-refractivity contribution is 5.81. The van der Waals surface area contributed by atoms with Gasteiger partial charge in [-0.1, -0.05) is 18.2 Å². The molecule has 0 spiro atoms. The zero-order valence-corrected chi connectivity index (χ0v) is 12.9. The van der Waals surface area contributed by atoms with Crippen LogP contribution in [-0.2, 0) is 4.79 Å². The Morgan fingerprint density at radius 2 is 2.09 bits per heavy atom. The molecule has 2 aromatic rings. The summed E-state index contributed by atoms with van der Waals surface area (Å²) < 4.78 is 11.5. The SMILES string of the molecule is COc1ccc(N)c2c1Oc1ccccc1C2N1CCCC1=O. The minimum absolute atomic E-state index is 0.153. The summed E-state index contributed by atoms with van der Waals surface area (Å²) >= 11 is 0. The number of nitrogen functional groups attached to an aromatic ring is 1. The van der Waals surface area contributed by atoms with E-state index < -0.39 is 0 Å². The Balaban J connectivity index is 1.96. The molecule has 5 nitrogen and oxygen atoms in total. The number of nitrogens with two attached hydrogens (primary N) is 1. The summed E-state index contributed by atoms with van der Waals surface area (Å²) in [6.07, 6.45) is 1.45. The van der Waals surface area contributed by atoms with Crippen LogP contribution in [0.3, 0.4) is 0 Å². The number of para-hydroxylation sites is 1. The number of likely N-dealkylation sites (tertiary alicyclic amines) is 1. The summed E-state index contributed by atoms with van der Waals surface area (Å²) in [5, 5.41) is 0. The highest BCUT2D eigenvalue weighted by Gasteiger charge is 2.38. The van der Waals surface area contributed by atoms with Crippen molar-refractivity contribution in [1.82, 2.24) is 4.90 Å². The maximum absolute atomic E-state index is 12.4. The number of rotatable bonds is 2. The molecule has 4 rings (SSSR count). The first-order valence-electron chi connectivity index (χ1n) is 7.73. The maximum Gasteiger partial charge on any atom is 0.223 e. The molecule has 23 heavy (non-hydrogen) atoms. The lowest BCUT2D eigenvalue weighted by atomic mass is 9.91. The van der Waals surface area contributed by atoms with Gasteiger partial charge in [0.1, 0.15) is 5.75 Å². The number of fused-ring (bicyclic) bond motifs is 2. The predicted molar refractivity (Wildman–Crippen MR) is 86.7 cm³/mol. The maximum atomic E-state index is 12.4. The molecule has 2 N–H and O–H groups in total. The molecule has 0 aromatic heterocycles. The fourth-order valence-electron chi connectivity index (χ4n) is 3.47. The Labute approximate surface area is 134 Å². The lowest BCUT2D eigenvalue weighted by molar-refractivity contribution is -0.129. The van der Waals surface area contributed by atoms with E-state index >= 15 is 0 Å². The molecule has 1 saturated heterocycles. The van der Waals surface area contributed by atoms with Gasteiger partial charge in [-0.2, -0.15) is 0 Å². The van der Waals surface area contributed by atoms with E-state index in [1.165, 1.54) is 0 Å². The number of hydrogen-bond acceptors (Lipinski definition) is 4. The Morgan fingerprint density at radius 3 is 2.83 bits per heavy atom. The number of amides is 1. The monoisotopic (exact) mass is 310 g/mol. The molecule has 2 heterocycles. The third-order valence-electron chi connectivity index (χ3n) is 4.53. The van der Waals surface area contributed by atoms with Gasteiger partial charge in [0.15, 0.2) is 11.5 Å². The van der Waals surface area contributed by atoms with Crippen molar-refractivity contribution in [3.8, 4) is 17.2 Å². The second kappa shape index (κ2) is 5.19. The van der Waals surface area contributed by atoms with Crippen LogP contribution < -0.4 is 15.2 Å². The second-order valence-electron chi connectivity index (χ2n) is 5.83. The molecule has 5 heteroatoms. The number of ether oxygens (including phenoxy) is 2. The molecule has 0 bridgehead atoms. The van der Waals surface area contributed by atoms with Gasteiger partial charge in [0.2, 0.25) is 5.91 Å². The average molecular weight is 310 g/mol. The van der Waals surface area contributed by atoms with Gasteiger partial charge >= 0.3 is 0 Å². The van der Waals surface area contributed by atoms with Crippen LogP contribution in [0.25, 0.3) is 0 Å². The van der Waals surface area contributed by atoms with Gasteiger partial charge < -0.3 is 20.1 Å². The first kappa shape index (κ1) is 13.9. The fraction of sp³-hybridized carbons (Fsp3) is 0.278. The minimum Gasteiger partial charge on any atom is -0.493 e. The van der Waals surface area contributed by atoms with E-state index in [-0.39, 0.29) is 11.9 Å². The summed E-state index contributed by atoms with van der Waals surface area (Å²) in [5.41, 5.74) is 8.65. The number of anilines is 1. The minimum atomic E-state index is -0.222. The van der Waals surface area contributed by atoms with Crippen LogP contribution in [0.4, 0.5) is 5.69 Å². The van der Waals surface area contributed by atoms with Crippen LogP contribution in [0.1, 0.15) is 30.0 Å². The predicted octanol–water partition coefficient (Wildman–Crippen LogP) is 3.09. The molecule has 1 fully saturated rings. The molecule has 1 unspecified atom stereocenters.